The van der Waals surface area contributed by atoms with Gasteiger partial charge in [-0.1, -0.05) is 17.7 Å². The Morgan fingerprint density at radius 1 is 1.11 bits per heavy atom. The van der Waals surface area contributed by atoms with Crippen LogP contribution < -0.4 is 4.72 Å². The van der Waals surface area contributed by atoms with Gasteiger partial charge in [0.05, 0.1) is 6.04 Å². The predicted octanol–water partition coefficient (Wildman–Crippen LogP) is 3.72. The van der Waals surface area contributed by atoms with Gasteiger partial charge in [-0.25, -0.2) is 0 Å². The molecule has 1 rings (SSSR count). The summed E-state index contributed by atoms with van der Waals surface area (Å²) < 4.78 is 15.1. The van der Waals surface area contributed by atoms with E-state index in [1.54, 1.807) is 0 Å². The second kappa shape index (κ2) is 5.64. The molecule has 0 spiro atoms. The Labute approximate surface area is 114 Å². The maximum atomic E-state index is 12.1. The molecule has 0 aromatic heterocycles. The predicted molar refractivity (Wildman–Crippen MR) is 80.1 cm³/mol. The van der Waals surface area contributed by atoms with Crippen LogP contribution in [0.5, 0.6) is 0 Å². The summed E-state index contributed by atoms with van der Waals surface area (Å²) in [7, 11) is 0. The van der Waals surface area contributed by atoms with E-state index in [9.17, 15) is 4.55 Å². The third-order valence-electron chi connectivity index (χ3n) is 3.01. The zero-order valence-corrected chi connectivity index (χ0v) is 13.4. The van der Waals surface area contributed by atoms with Gasteiger partial charge in [-0.2, -0.15) is 0 Å². The molecule has 0 saturated carbocycles. The maximum absolute atomic E-state index is 12.1. The first-order chi connectivity index (χ1) is 8.12. The smallest absolute Gasteiger partial charge is 0.136 e. The summed E-state index contributed by atoms with van der Waals surface area (Å²) in [5, 5.41) is 0. The fourth-order valence-corrected chi connectivity index (χ4v) is 3.06. The molecule has 2 nitrogen and oxygen atoms in total. The van der Waals surface area contributed by atoms with Crippen molar-refractivity contribution in [3.8, 4) is 0 Å². The molecule has 0 amide bonds. The minimum Gasteiger partial charge on any atom is -0.598 e. The van der Waals surface area contributed by atoms with Crippen molar-refractivity contribution in [1.82, 2.24) is 4.72 Å². The van der Waals surface area contributed by atoms with Crippen LogP contribution in [0.4, 0.5) is 0 Å². The Kier molecular flexibility index (Phi) is 4.87. The summed E-state index contributed by atoms with van der Waals surface area (Å²) in [4.78, 5) is 0. The average Bonchev–Trinajstić information content (AvgIpc) is 2.13. The largest absolute Gasteiger partial charge is 0.598 e. The Balaban J connectivity index is 2.95. The van der Waals surface area contributed by atoms with Gasteiger partial charge in [0.25, 0.3) is 0 Å². The lowest BCUT2D eigenvalue weighted by atomic mass is 9.95. The zero-order valence-electron chi connectivity index (χ0n) is 12.5. The molecule has 1 N–H and O–H groups in total. The van der Waals surface area contributed by atoms with Crippen LogP contribution in [-0.4, -0.2) is 9.30 Å². The highest BCUT2D eigenvalue weighted by molar-refractivity contribution is 7.90. The highest BCUT2D eigenvalue weighted by atomic mass is 32.2. The molecule has 1 aromatic carbocycles. The minimum atomic E-state index is -1.04. The number of nitrogens with one attached hydrogen (secondary N) is 1. The molecule has 0 aliphatic rings. The first-order valence-electron chi connectivity index (χ1n) is 6.38. The summed E-state index contributed by atoms with van der Waals surface area (Å²) in [6, 6.07) is 4.46. The van der Waals surface area contributed by atoms with Gasteiger partial charge in [-0.05, 0) is 65.2 Å². The van der Waals surface area contributed by atoms with Crippen LogP contribution in [0.1, 0.15) is 56.0 Å². The van der Waals surface area contributed by atoms with Gasteiger partial charge in [-0.15, -0.1) is 4.72 Å². The molecule has 1 aromatic rings. The Bertz CT molecular complexity index is 400. The molecule has 18 heavy (non-hydrogen) atoms. The van der Waals surface area contributed by atoms with Crippen LogP contribution in [0.3, 0.4) is 0 Å². The molecule has 2 atom stereocenters. The number of hydrogen-bond acceptors (Lipinski definition) is 2. The van der Waals surface area contributed by atoms with Gasteiger partial charge in [0.1, 0.15) is 4.75 Å². The first-order valence-corrected chi connectivity index (χ1v) is 7.53. The van der Waals surface area contributed by atoms with E-state index in [1.165, 1.54) is 22.3 Å². The summed E-state index contributed by atoms with van der Waals surface area (Å²) in [5.74, 6) is 0. The monoisotopic (exact) mass is 267 g/mol. The molecule has 1 unspecified atom stereocenters. The molecule has 0 heterocycles. The zero-order chi connectivity index (χ0) is 14.1. The van der Waals surface area contributed by atoms with Gasteiger partial charge in [0.15, 0.2) is 0 Å². The molecule has 0 aliphatic heterocycles. The topological polar surface area (TPSA) is 35.1 Å². The average molecular weight is 267 g/mol. The quantitative estimate of drug-likeness (QED) is 0.847. The molecule has 0 bridgehead atoms. The summed E-state index contributed by atoms with van der Waals surface area (Å²) in [5.41, 5.74) is 5.06. The maximum Gasteiger partial charge on any atom is 0.136 e. The van der Waals surface area contributed by atoms with Crippen molar-refractivity contribution in [2.24, 2.45) is 0 Å². The fourth-order valence-electron chi connectivity index (χ4n) is 2.27. The molecule has 0 fully saturated rings. The van der Waals surface area contributed by atoms with Crippen LogP contribution in [0.15, 0.2) is 12.1 Å². The van der Waals surface area contributed by atoms with Crippen molar-refractivity contribution in [2.45, 2.75) is 59.3 Å². The Morgan fingerprint density at radius 2 is 1.56 bits per heavy atom. The van der Waals surface area contributed by atoms with Crippen molar-refractivity contribution in [2.75, 3.05) is 0 Å². The van der Waals surface area contributed by atoms with Crippen molar-refractivity contribution in [3.05, 3.63) is 34.4 Å². The van der Waals surface area contributed by atoms with Crippen LogP contribution in [0.2, 0.25) is 0 Å². The van der Waals surface area contributed by atoms with E-state index in [-0.39, 0.29) is 10.8 Å². The first kappa shape index (κ1) is 15.5. The van der Waals surface area contributed by atoms with Crippen LogP contribution in [0, 0.1) is 20.8 Å². The molecule has 0 radical (unpaired) electrons. The number of hydrogen-bond donors (Lipinski definition) is 1. The standard InChI is InChI=1S/C15H25NOS/c1-10-8-11(2)14(12(3)9-10)13(4)16-18(17)15(5,6)7/h8-9,13,16H,1-7H3/t13-,18?/m1/s1. The van der Waals surface area contributed by atoms with E-state index in [0.29, 0.717) is 0 Å². The van der Waals surface area contributed by atoms with Crippen molar-refractivity contribution in [1.29, 1.82) is 0 Å². The van der Waals surface area contributed by atoms with Crippen molar-refractivity contribution < 1.29 is 4.55 Å². The summed E-state index contributed by atoms with van der Waals surface area (Å²) in [6.07, 6.45) is 0. The summed E-state index contributed by atoms with van der Waals surface area (Å²) >= 11 is -1.04. The molecule has 102 valence electrons. The van der Waals surface area contributed by atoms with E-state index in [4.69, 9.17) is 0 Å². The molecule has 0 aliphatic carbocycles. The van der Waals surface area contributed by atoms with Crippen LogP contribution in [0.25, 0.3) is 0 Å². The molecule has 0 saturated heterocycles. The SMILES string of the molecule is Cc1cc(C)c([C@@H](C)N[S+]([O-])C(C)(C)C)c(C)c1. The lowest BCUT2D eigenvalue weighted by molar-refractivity contribution is 0.530. The van der Waals surface area contributed by atoms with E-state index in [2.05, 4.69) is 44.5 Å². The molecular formula is C15H25NOS. The summed E-state index contributed by atoms with van der Waals surface area (Å²) in [6.45, 7) is 14.4. The highest BCUT2D eigenvalue weighted by Gasteiger charge is 2.29. The lowest BCUT2D eigenvalue weighted by Gasteiger charge is -2.28. The lowest BCUT2D eigenvalue weighted by Crippen LogP contribution is -2.40. The van der Waals surface area contributed by atoms with Crippen LogP contribution >= 0.6 is 0 Å². The Hall–Kier alpha value is -0.510. The third kappa shape index (κ3) is 3.74. The third-order valence-corrected chi connectivity index (χ3v) is 4.69. The normalized spacial score (nSPS) is 15.6. The highest BCUT2D eigenvalue weighted by Crippen LogP contribution is 2.25. The van der Waals surface area contributed by atoms with Gasteiger partial charge in [0.2, 0.25) is 0 Å². The number of benzene rings is 1. The van der Waals surface area contributed by atoms with E-state index >= 15 is 0 Å². The van der Waals surface area contributed by atoms with Gasteiger partial charge < -0.3 is 4.55 Å². The minimum absolute atomic E-state index is 0.102. The second-order valence-corrected chi connectivity index (χ2v) is 8.03. The van der Waals surface area contributed by atoms with Crippen LogP contribution in [-0.2, 0) is 11.4 Å². The fraction of sp³-hybridized carbons (Fsp3) is 0.600. The van der Waals surface area contributed by atoms with Gasteiger partial charge in [0, 0.05) is 11.4 Å². The number of rotatable bonds is 3. The molecule has 3 heteroatoms. The van der Waals surface area contributed by atoms with Gasteiger partial charge >= 0.3 is 0 Å². The van der Waals surface area contributed by atoms with E-state index in [1.807, 2.05) is 20.8 Å². The van der Waals surface area contributed by atoms with E-state index < -0.39 is 11.4 Å². The van der Waals surface area contributed by atoms with Crippen molar-refractivity contribution in [3.63, 3.8) is 0 Å². The number of aryl methyl sites for hydroxylation is 3. The van der Waals surface area contributed by atoms with E-state index in [0.717, 1.165) is 0 Å². The van der Waals surface area contributed by atoms with Crippen molar-refractivity contribution >= 4 is 11.4 Å². The van der Waals surface area contributed by atoms with Gasteiger partial charge in [-0.3, -0.25) is 0 Å². The molecular weight excluding hydrogens is 242 g/mol. The second-order valence-electron chi connectivity index (χ2n) is 6.03. The Morgan fingerprint density at radius 3 is 1.94 bits per heavy atom.